The fourth-order valence-corrected chi connectivity index (χ4v) is 1.96. The number of ether oxygens (including phenoxy) is 2. The second-order valence-corrected chi connectivity index (χ2v) is 4.55. The van der Waals surface area contributed by atoms with Gasteiger partial charge in [0.25, 0.3) is 0 Å². The molecule has 0 aliphatic carbocycles. The lowest BCUT2D eigenvalue weighted by atomic mass is 10.0. The third-order valence-corrected chi connectivity index (χ3v) is 3.04. The fourth-order valence-electron chi connectivity index (χ4n) is 1.96. The number of hydrogen-bond donors (Lipinski definition) is 0. The summed E-state index contributed by atoms with van der Waals surface area (Å²) in [6, 6.07) is 10.3. The van der Waals surface area contributed by atoms with E-state index in [1.807, 2.05) is 18.2 Å². The average molecular weight is 232 g/mol. The molecule has 92 valence electrons. The van der Waals surface area contributed by atoms with Gasteiger partial charge in [-0.1, -0.05) is 42.5 Å². The molecule has 0 bridgehead atoms. The van der Waals surface area contributed by atoms with Crippen LogP contribution in [-0.4, -0.2) is 19.3 Å². The van der Waals surface area contributed by atoms with Crippen LogP contribution in [-0.2, 0) is 16.1 Å². The van der Waals surface area contributed by atoms with Gasteiger partial charge >= 0.3 is 0 Å². The van der Waals surface area contributed by atoms with Gasteiger partial charge in [-0.2, -0.15) is 0 Å². The average Bonchev–Trinajstić information content (AvgIpc) is 2.38. The maximum absolute atomic E-state index is 5.66. The van der Waals surface area contributed by atoms with E-state index in [0.29, 0.717) is 12.7 Å². The smallest absolute Gasteiger partial charge is 0.0716 e. The molecule has 2 heteroatoms. The molecule has 1 unspecified atom stereocenters. The van der Waals surface area contributed by atoms with Gasteiger partial charge < -0.3 is 9.47 Å². The maximum atomic E-state index is 5.66. The molecule has 1 aliphatic rings. The summed E-state index contributed by atoms with van der Waals surface area (Å²) in [5, 5.41) is 0. The molecular weight excluding hydrogens is 212 g/mol. The molecule has 1 aliphatic heterocycles. The predicted octanol–water partition coefficient (Wildman–Crippen LogP) is 3.33. The van der Waals surface area contributed by atoms with Gasteiger partial charge in [-0.3, -0.25) is 0 Å². The monoisotopic (exact) mass is 232 g/mol. The zero-order valence-corrected chi connectivity index (χ0v) is 10.2. The highest BCUT2D eigenvalue weighted by Crippen LogP contribution is 2.18. The molecule has 1 aromatic rings. The minimum Gasteiger partial charge on any atom is -0.377 e. The van der Waals surface area contributed by atoms with Crippen LogP contribution in [0, 0.1) is 0 Å². The highest BCUT2D eigenvalue weighted by molar-refractivity contribution is 5.13. The SMILES string of the molecule is C=C1CCC(CCOCc2ccccc2)OC1. The summed E-state index contributed by atoms with van der Waals surface area (Å²) in [6.07, 6.45) is 3.54. The second-order valence-electron chi connectivity index (χ2n) is 4.55. The molecule has 1 atom stereocenters. The van der Waals surface area contributed by atoms with Crippen molar-refractivity contribution in [3.05, 3.63) is 48.0 Å². The van der Waals surface area contributed by atoms with Gasteiger partial charge in [-0.15, -0.1) is 0 Å². The first kappa shape index (κ1) is 12.3. The quantitative estimate of drug-likeness (QED) is 0.572. The third-order valence-electron chi connectivity index (χ3n) is 3.04. The van der Waals surface area contributed by atoms with Crippen LogP contribution in [0.25, 0.3) is 0 Å². The predicted molar refractivity (Wildman–Crippen MR) is 68.8 cm³/mol. The topological polar surface area (TPSA) is 18.5 Å². The highest BCUT2D eigenvalue weighted by Gasteiger charge is 2.15. The lowest BCUT2D eigenvalue weighted by molar-refractivity contribution is 0.00974. The van der Waals surface area contributed by atoms with E-state index < -0.39 is 0 Å². The molecule has 1 aromatic carbocycles. The summed E-state index contributed by atoms with van der Waals surface area (Å²) < 4.78 is 11.3. The van der Waals surface area contributed by atoms with Gasteiger partial charge in [0.2, 0.25) is 0 Å². The number of rotatable bonds is 5. The zero-order chi connectivity index (χ0) is 11.9. The highest BCUT2D eigenvalue weighted by atomic mass is 16.5. The lowest BCUT2D eigenvalue weighted by Crippen LogP contribution is -2.21. The van der Waals surface area contributed by atoms with Crippen LogP contribution in [0.5, 0.6) is 0 Å². The van der Waals surface area contributed by atoms with Crippen LogP contribution >= 0.6 is 0 Å². The van der Waals surface area contributed by atoms with Crippen molar-refractivity contribution >= 4 is 0 Å². The summed E-state index contributed by atoms with van der Waals surface area (Å²) in [4.78, 5) is 0. The Balaban J connectivity index is 1.59. The Labute approximate surface area is 103 Å². The molecule has 1 fully saturated rings. The summed E-state index contributed by atoms with van der Waals surface area (Å²) >= 11 is 0. The van der Waals surface area contributed by atoms with Crippen LogP contribution in [0.15, 0.2) is 42.5 Å². The Bertz CT molecular complexity index is 335. The van der Waals surface area contributed by atoms with Crippen LogP contribution in [0.3, 0.4) is 0 Å². The second kappa shape index (κ2) is 6.58. The Hall–Kier alpha value is -1.12. The molecule has 0 N–H and O–H groups in total. The summed E-state index contributed by atoms with van der Waals surface area (Å²) in [5.41, 5.74) is 2.44. The molecule has 2 nitrogen and oxygen atoms in total. The van der Waals surface area contributed by atoms with Crippen molar-refractivity contribution in [2.45, 2.75) is 32.0 Å². The minimum atomic E-state index is 0.358. The van der Waals surface area contributed by atoms with Crippen molar-refractivity contribution in [2.75, 3.05) is 13.2 Å². The molecule has 2 rings (SSSR count). The van der Waals surface area contributed by atoms with Crippen molar-refractivity contribution in [3.8, 4) is 0 Å². The fraction of sp³-hybridized carbons (Fsp3) is 0.467. The molecule has 1 heterocycles. The normalized spacial score (nSPS) is 20.5. The number of benzene rings is 1. The molecular formula is C15H20O2. The Morgan fingerprint density at radius 1 is 1.29 bits per heavy atom. The standard InChI is InChI=1S/C15H20O2/c1-13-7-8-15(17-11-13)9-10-16-12-14-5-3-2-4-6-14/h2-6,15H,1,7-12H2. The maximum Gasteiger partial charge on any atom is 0.0716 e. The van der Waals surface area contributed by atoms with E-state index in [2.05, 4.69) is 18.7 Å². The molecule has 1 saturated heterocycles. The molecule has 0 amide bonds. The van der Waals surface area contributed by atoms with Crippen LogP contribution in [0.1, 0.15) is 24.8 Å². The van der Waals surface area contributed by atoms with Gasteiger partial charge in [0.15, 0.2) is 0 Å². The van der Waals surface area contributed by atoms with Crippen LogP contribution in [0.4, 0.5) is 0 Å². The molecule has 0 aromatic heterocycles. The first-order valence-electron chi connectivity index (χ1n) is 6.24. The zero-order valence-electron chi connectivity index (χ0n) is 10.2. The number of hydrogen-bond acceptors (Lipinski definition) is 2. The van der Waals surface area contributed by atoms with E-state index in [-0.39, 0.29) is 0 Å². The van der Waals surface area contributed by atoms with Crippen LogP contribution in [0.2, 0.25) is 0 Å². The van der Waals surface area contributed by atoms with E-state index >= 15 is 0 Å². The van der Waals surface area contributed by atoms with E-state index in [9.17, 15) is 0 Å². The van der Waals surface area contributed by atoms with Gasteiger partial charge in [-0.25, -0.2) is 0 Å². The Morgan fingerprint density at radius 3 is 2.82 bits per heavy atom. The summed E-state index contributed by atoms with van der Waals surface area (Å²) in [7, 11) is 0. The summed E-state index contributed by atoms with van der Waals surface area (Å²) in [5.74, 6) is 0. The lowest BCUT2D eigenvalue weighted by Gasteiger charge is -2.23. The van der Waals surface area contributed by atoms with E-state index in [1.165, 1.54) is 11.1 Å². The molecule has 0 radical (unpaired) electrons. The minimum absolute atomic E-state index is 0.358. The van der Waals surface area contributed by atoms with Crippen molar-refractivity contribution in [3.63, 3.8) is 0 Å². The summed E-state index contributed by atoms with van der Waals surface area (Å²) in [6.45, 7) is 6.12. The Morgan fingerprint density at radius 2 is 2.12 bits per heavy atom. The first-order chi connectivity index (χ1) is 8.34. The Kier molecular flexibility index (Phi) is 4.77. The van der Waals surface area contributed by atoms with E-state index in [4.69, 9.17) is 9.47 Å². The van der Waals surface area contributed by atoms with Gasteiger partial charge in [-0.05, 0) is 24.8 Å². The largest absolute Gasteiger partial charge is 0.377 e. The van der Waals surface area contributed by atoms with E-state index in [1.54, 1.807) is 0 Å². The molecule has 0 spiro atoms. The first-order valence-corrected chi connectivity index (χ1v) is 6.24. The van der Waals surface area contributed by atoms with Crippen molar-refractivity contribution in [1.29, 1.82) is 0 Å². The molecule has 17 heavy (non-hydrogen) atoms. The van der Waals surface area contributed by atoms with Gasteiger partial charge in [0.05, 0.1) is 19.3 Å². The molecule has 0 saturated carbocycles. The van der Waals surface area contributed by atoms with Crippen molar-refractivity contribution in [2.24, 2.45) is 0 Å². The van der Waals surface area contributed by atoms with Crippen LogP contribution < -0.4 is 0 Å². The van der Waals surface area contributed by atoms with E-state index in [0.717, 1.165) is 32.5 Å². The van der Waals surface area contributed by atoms with Gasteiger partial charge in [0, 0.05) is 6.61 Å². The van der Waals surface area contributed by atoms with Crippen molar-refractivity contribution in [1.82, 2.24) is 0 Å². The third kappa shape index (κ3) is 4.33. The van der Waals surface area contributed by atoms with Gasteiger partial charge in [0.1, 0.15) is 0 Å². The van der Waals surface area contributed by atoms with Crippen molar-refractivity contribution < 1.29 is 9.47 Å².